The Bertz CT molecular complexity index is 920. The van der Waals surface area contributed by atoms with Crippen LogP contribution in [0.1, 0.15) is 28.8 Å². The van der Waals surface area contributed by atoms with Gasteiger partial charge >= 0.3 is 0 Å². The van der Waals surface area contributed by atoms with E-state index in [9.17, 15) is 13.2 Å². The van der Waals surface area contributed by atoms with Crippen molar-refractivity contribution >= 4 is 21.6 Å². The Morgan fingerprint density at radius 1 is 1.15 bits per heavy atom. The number of hydrogen-bond acceptors (Lipinski definition) is 4. The number of nitrogens with one attached hydrogen (secondary N) is 1. The van der Waals surface area contributed by atoms with Crippen LogP contribution in [0.5, 0.6) is 0 Å². The highest BCUT2D eigenvalue weighted by Crippen LogP contribution is 2.21. The van der Waals surface area contributed by atoms with Crippen LogP contribution in [0.3, 0.4) is 0 Å². The molecule has 1 saturated heterocycles. The number of sulfonamides is 1. The zero-order chi connectivity index (χ0) is 19.4. The topological polar surface area (TPSA) is 92.5 Å². The van der Waals surface area contributed by atoms with Crippen molar-refractivity contribution in [3.05, 3.63) is 59.7 Å². The van der Waals surface area contributed by atoms with Crippen molar-refractivity contribution in [3.63, 3.8) is 0 Å². The van der Waals surface area contributed by atoms with Gasteiger partial charge in [0, 0.05) is 24.3 Å². The molecular formula is C20H25N3O3S. The fraction of sp³-hybridized carbons (Fsp3) is 0.350. The predicted molar refractivity (Wildman–Crippen MR) is 106 cm³/mol. The van der Waals surface area contributed by atoms with E-state index in [1.807, 2.05) is 13.0 Å². The molecule has 0 atom stereocenters. The van der Waals surface area contributed by atoms with Gasteiger partial charge in [-0.2, -0.15) is 0 Å². The van der Waals surface area contributed by atoms with Gasteiger partial charge in [-0.3, -0.25) is 9.52 Å². The van der Waals surface area contributed by atoms with Crippen LogP contribution < -0.4 is 10.5 Å². The average molecular weight is 388 g/mol. The molecule has 0 radical (unpaired) electrons. The maximum absolute atomic E-state index is 12.8. The predicted octanol–water partition coefficient (Wildman–Crippen LogP) is 2.61. The lowest BCUT2D eigenvalue weighted by atomic mass is 9.96. The first-order chi connectivity index (χ1) is 12.9. The minimum absolute atomic E-state index is 0.0756. The zero-order valence-corrected chi connectivity index (χ0v) is 16.2. The molecule has 0 saturated carbocycles. The Morgan fingerprint density at radius 2 is 1.85 bits per heavy atom. The number of likely N-dealkylation sites (tertiary alicyclic amines) is 1. The van der Waals surface area contributed by atoms with Crippen LogP contribution in [0.4, 0.5) is 5.69 Å². The molecule has 1 aliphatic rings. The number of aryl methyl sites for hydroxylation is 1. The van der Waals surface area contributed by atoms with Crippen LogP contribution in [0, 0.1) is 12.8 Å². The maximum atomic E-state index is 12.8. The first-order valence-electron chi connectivity index (χ1n) is 9.08. The van der Waals surface area contributed by atoms with E-state index in [2.05, 4.69) is 4.72 Å². The Hall–Kier alpha value is -2.38. The molecule has 144 valence electrons. The maximum Gasteiger partial charge on any atom is 0.261 e. The fourth-order valence-corrected chi connectivity index (χ4v) is 4.37. The number of nitrogens with zero attached hydrogens (tertiary/aromatic N) is 1. The first-order valence-corrected chi connectivity index (χ1v) is 10.6. The second-order valence-electron chi connectivity index (χ2n) is 6.97. The molecule has 0 bridgehead atoms. The minimum Gasteiger partial charge on any atom is -0.339 e. The van der Waals surface area contributed by atoms with Gasteiger partial charge in [-0.1, -0.05) is 18.2 Å². The molecule has 2 aromatic carbocycles. The van der Waals surface area contributed by atoms with Gasteiger partial charge in [-0.15, -0.1) is 0 Å². The number of hydrogen-bond donors (Lipinski definition) is 2. The largest absolute Gasteiger partial charge is 0.339 e. The van der Waals surface area contributed by atoms with Gasteiger partial charge in [0.2, 0.25) is 0 Å². The normalized spacial score (nSPS) is 15.6. The number of amides is 1. The van der Waals surface area contributed by atoms with E-state index in [-0.39, 0.29) is 10.8 Å². The van der Waals surface area contributed by atoms with E-state index in [0.29, 0.717) is 36.8 Å². The summed E-state index contributed by atoms with van der Waals surface area (Å²) in [6, 6.07) is 13.3. The van der Waals surface area contributed by atoms with Crippen molar-refractivity contribution in [1.29, 1.82) is 0 Å². The number of benzene rings is 2. The Balaban J connectivity index is 1.77. The molecule has 6 nitrogen and oxygen atoms in total. The number of carbonyl (C=O) groups excluding carboxylic acids is 1. The standard InChI is InChI=1S/C20H25N3O3S/c1-15-4-2-6-18(12-15)22-27(25,26)19-7-3-5-17(13-19)20(24)23-10-8-16(14-21)9-11-23/h2-7,12-13,16,22H,8-11,14,21H2,1H3. The molecule has 0 unspecified atom stereocenters. The van der Waals surface area contributed by atoms with Crippen LogP contribution >= 0.6 is 0 Å². The second-order valence-corrected chi connectivity index (χ2v) is 8.66. The second kappa shape index (κ2) is 8.10. The van der Waals surface area contributed by atoms with Gasteiger partial charge in [0.1, 0.15) is 0 Å². The SMILES string of the molecule is Cc1cccc(NS(=O)(=O)c2cccc(C(=O)N3CCC(CN)CC3)c2)c1. The minimum atomic E-state index is -3.77. The first kappa shape index (κ1) is 19.4. The van der Waals surface area contributed by atoms with Crippen molar-refractivity contribution in [1.82, 2.24) is 4.90 Å². The summed E-state index contributed by atoms with van der Waals surface area (Å²) in [4.78, 5) is 14.6. The van der Waals surface area contributed by atoms with E-state index in [4.69, 9.17) is 5.73 Å². The number of anilines is 1. The number of carbonyl (C=O) groups is 1. The van der Waals surface area contributed by atoms with E-state index in [1.165, 1.54) is 12.1 Å². The smallest absolute Gasteiger partial charge is 0.261 e. The molecule has 1 aliphatic heterocycles. The van der Waals surface area contributed by atoms with Crippen molar-refractivity contribution in [2.24, 2.45) is 11.7 Å². The molecule has 7 heteroatoms. The van der Waals surface area contributed by atoms with E-state index >= 15 is 0 Å². The van der Waals surface area contributed by atoms with E-state index in [1.54, 1.807) is 35.2 Å². The summed E-state index contributed by atoms with van der Waals surface area (Å²) in [6.07, 6.45) is 1.77. The highest BCUT2D eigenvalue weighted by molar-refractivity contribution is 7.92. The molecule has 3 N–H and O–H groups in total. The van der Waals surface area contributed by atoms with Crippen molar-refractivity contribution in [2.75, 3.05) is 24.4 Å². The highest BCUT2D eigenvalue weighted by Gasteiger charge is 2.24. The van der Waals surface area contributed by atoms with Crippen LogP contribution in [-0.4, -0.2) is 38.9 Å². The molecule has 1 fully saturated rings. The Morgan fingerprint density at radius 3 is 2.52 bits per heavy atom. The summed E-state index contributed by atoms with van der Waals surface area (Å²) in [5, 5.41) is 0. The van der Waals surface area contributed by atoms with Gasteiger partial charge in [0.25, 0.3) is 15.9 Å². The fourth-order valence-electron chi connectivity index (χ4n) is 3.27. The number of rotatable bonds is 5. The van der Waals surface area contributed by atoms with Crippen LogP contribution in [0.2, 0.25) is 0 Å². The van der Waals surface area contributed by atoms with Gasteiger partial charge < -0.3 is 10.6 Å². The summed E-state index contributed by atoms with van der Waals surface area (Å²) in [6.45, 7) is 3.84. The van der Waals surface area contributed by atoms with Gasteiger partial charge in [0.15, 0.2) is 0 Å². The van der Waals surface area contributed by atoms with Crippen molar-refractivity contribution < 1.29 is 13.2 Å². The third kappa shape index (κ3) is 4.67. The van der Waals surface area contributed by atoms with Crippen molar-refractivity contribution in [3.8, 4) is 0 Å². The lowest BCUT2D eigenvalue weighted by molar-refractivity contribution is 0.0693. The molecule has 27 heavy (non-hydrogen) atoms. The highest BCUT2D eigenvalue weighted by atomic mass is 32.2. The summed E-state index contributed by atoms with van der Waals surface area (Å²) in [5.74, 6) is 0.317. The zero-order valence-electron chi connectivity index (χ0n) is 15.4. The van der Waals surface area contributed by atoms with Gasteiger partial charge in [-0.05, 0) is 68.1 Å². The van der Waals surface area contributed by atoms with Crippen LogP contribution in [0.25, 0.3) is 0 Å². The van der Waals surface area contributed by atoms with Crippen LogP contribution in [0.15, 0.2) is 53.4 Å². The Kier molecular flexibility index (Phi) is 5.82. The average Bonchev–Trinajstić information content (AvgIpc) is 2.67. The number of nitrogens with two attached hydrogens (primary N) is 1. The Labute approximate surface area is 160 Å². The molecule has 1 amide bonds. The van der Waals surface area contributed by atoms with Crippen LogP contribution in [-0.2, 0) is 10.0 Å². The van der Waals surface area contributed by atoms with Crippen molar-refractivity contribution in [2.45, 2.75) is 24.7 Å². The number of piperidine rings is 1. The van der Waals surface area contributed by atoms with Gasteiger partial charge in [0.05, 0.1) is 4.90 Å². The quantitative estimate of drug-likeness (QED) is 0.825. The van der Waals surface area contributed by atoms with Gasteiger partial charge in [-0.25, -0.2) is 8.42 Å². The van der Waals surface area contributed by atoms with E-state index < -0.39 is 10.0 Å². The third-order valence-electron chi connectivity index (χ3n) is 4.90. The molecule has 2 aromatic rings. The molecule has 1 heterocycles. The molecule has 3 rings (SSSR count). The summed E-state index contributed by atoms with van der Waals surface area (Å²) < 4.78 is 28.0. The summed E-state index contributed by atoms with van der Waals surface area (Å²) >= 11 is 0. The molecule has 0 spiro atoms. The van der Waals surface area contributed by atoms with E-state index in [0.717, 1.165) is 18.4 Å². The molecule has 0 aliphatic carbocycles. The monoisotopic (exact) mass is 387 g/mol. The molecule has 0 aromatic heterocycles. The third-order valence-corrected chi connectivity index (χ3v) is 6.28. The summed E-state index contributed by atoms with van der Waals surface area (Å²) in [7, 11) is -3.77. The lowest BCUT2D eigenvalue weighted by Crippen LogP contribution is -2.40. The summed E-state index contributed by atoms with van der Waals surface area (Å²) in [5.41, 5.74) is 7.54. The molecular weight excluding hydrogens is 362 g/mol. The lowest BCUT2D eigenvalue weighted by Gasteiger charge is -2.31.